The Morgan fingerprint density at radius 2 is 1.81 bits per heavy atom. The largest absolute Gasteiger partial charge is 0.573 e. The van der Waals surface area contributed by atoms with Crippen LogP contribution in [0, 0.1) is 0 Å². The number of halogens is 3. The highest BCUT2D eigenvalue weighted by molar-refractivity contribution is 5.94. The number of amides is 1. The number of hydrogen-bond acceptors (Lipinski definition) is 4. The molecule has 3 aromatic rings. The molecule has 1 atom stereocenters. The van der Waals surface area contributed by atoms with Crippen LogP contribution in [0.25, 0.3) is 11.0 Å². The third-order valence-electron chi connectivity index (χ3n) is 3.90. The van der Waals surface area contributed by atoms with Gasteiger partial charge in [0, 0.05) is 10.9 Å². The summed E-state index contributed by atoms with van der Waals surface area (Å²) in [4.78, 5) is 12.2. The zero-order valence-electron chi connectivity index (χ0n) is 14.2. The van der Waals surface area contributed by atoms with E-state index in [1.807, 2.05) is 12.1 Å². The molecule has 1 aromatic heterocycles. The first kappa shape index (κ1) is 18.8. The number of alkyl halides is 3. The average molecular weight is 379 g/mol. The maximum Gasteiger partial charge on any atom is 0.573 e. The van der Waals surface area contributed by atoms with Gasteiger partial charge in [0.1, 0.15) is 22.7 Å². The second-order valence-electron chi connectivity index (χ2n) is 6.18. The molecule has 0 spiro atoms. The van der Waals surface area contributed by atoms with E-state index in [1.165, 1.54) is 19.1 Å². The smallest absolute Gasteiger partial charge is 0.458 e. The van der Waals surface area contributed by atoms with Crippen molar-refractivity contribution in [3.8, 4) is 5.75 Å². The molecule has 8 heteroatoms. The van der Waals surface area contributed by atoms with E-state index in [4.69, 9.17) is 4.42 Å². The van der Waals surface area contributed by atoms with Gasteiger partial charge in [-0.25, -0.2) is 0 Å². The molecule has 2 aromatic carbocycles. The molecule has 0 aliphatic carbocycles. The summed E-state index contributed by atoms with van der Waals surface area (Å²) in [6.45, 7) is 1.34. The summed E-state index contributed by atoms with van der Waals surface area (Å²) in [6, 6.07) is 13.4. The van der Waals surface area contributed by atoms with Gasteiger partial charge >= 0.3 is 6.36 Å². The van der Waals surface area contributed by atoms with E-state index in [0.29, 0.717) is 5.58 Å². The zero-order valence-corrected chi connectivity index (χ0v) is 14.2. The summed E-state index contributed by atoms with van der Waals surface area (Å²) >= 11 is 0. The number of hydrogen-bond donors (Lipinski definition) is 2. The number of carbonyl (C=O) groups excluding carboxylic acids is 1. The second kappa shape index (κ2) is 6.96. The molecule has 0 saturated carbocycles. The van der Waals surface area contributed by atoms with Crippen molar-refractivity contribution in [2.45, 2.75) is 18.9 Å². The number of fused-ring (bicyclic) bond motifs is 1. The number of carbonyl (C=O) groups is 1. The van der Waals surface area contributed by atoms with Gasteiger partial charge in [-0.2, -0.15) is 0 Å². The Kier molecular flexibility index (Phi) is 4.84. The van der Waals surface area contributed by atoms with E-state index < -0.39 is 23.6 Å². The minimum Gasteiger partial charge on any atom is -0.458 e. The Bertz CT molecular complexity index is 912. The van der Waals surface area contributed by atoms with Gasteiger partial charge in [0.05, 0.1) is 6.54 Å². The Labute approximate surface area is 152 Å². The van der Waals surface area contributed by atoms with Crippen LogP contribution in [0.3, 0.4) is 0 Å². The summed E-state index contributed by atoms with van der Waals surface area (Å²) in [5, 5.41) is 14.0. The van der Waals surface area contributed by atoms with Crippen LogP contribution in [0.5, 0.6) is 5.75 Å². The molecule has 2 N–H and O–H groups in total. The first-order valence-electron chi connectivity index (χ1n) is 7.99. The Hall–Kier alpha value is -3.00. The molecule has 0 saturated heterocycles. The predicted molar refractivity (Wildman–Crippen MR) is 91.2 cm³/mol. The van der Waals surface area contributed by atoms with Crippen molar-refractivity contribution in [1.29, 1.82) is 0 Å². The Morgan fingerprint density at radius 3 is 2.44 bits per heavy atom. The van der Waals surface area contributed by atoms with E-state index in [2.05, 4.69) is 10.1 Å². The average Bonchev–Trinajstić information content (AvgIpc) is 3.04. The number of nitrogens with one attached hydrogen (secondary N) is 1. The van der Waals surface area contributed by atoms with Crippen LogP contribution in [0.1, 0.15) is 23.0 Å². The summed E-state index contributed by atoms with van der Waals surface area (Å²) in [5.41, 5.74) is -0.724. The molecule has 1 amide bonds. The second-order valence-corrected chi connectivity index (χ2v) is 6.18. The first-order chi connectivity index (χ1) is 12.6. The standard InChI is InChI=1S/C19H16F3NO4/c1-18(25,16-10-13-4-2-3-5-15(13)26-16)11-23-17(24)12-6-8-14(9-7-12)27-19(20,21)22/h2-10,25H,11H2,1H3,(H,23,24). The normalized spacial score (nSPS) is 14.0. The fourth-order valence-electron chi connectivity index (χ4n) is 2.50. The number of ether oxygens (including phenoxy) is 1. The number of furan rings is 1. The van der Waals surface area contributed by atoms with Crippen molar-refractivity contribution < 1.29 is 32.2 Å². The van der Waals surface area contributed by atoms with Crippen LogP contribution in [0.4, 0.5) is 13.2 Å². The highest BCUT2D eigenvalue weighted by atomic mass is 19.4. The van der Waals surface area contributed by atoms with Gasteiger partial charge in [0.2, 0.25) is 0 Å². The summed E-state index contributed by atoms with van der Waals surface area (Å²) in [7, 11) is 0. The molecule has 5 nitrogen and oxygen atoms in total. The fraction of sp³-hybridized carbons (Fsp3) is 0.211. The van der Waals surface area contributed by atoms with Crippen LogP contribution in [0.2, 0.25) is 0 Å². The highest BCUT2D eigenvalue weighted by Crippen LogP contribution is 2.27. The molecule has 0 radical (unpaired) electrons. The molecule has 0 bridgehead atoms. The van der Waals surface area contributed by atoms with E-state index >= 15 is 0 Å². The molecule has 1 unspecified atom stereocenters. The molecule has 3 rings (SSSR count). The molecule has 27 heavy (non-hydrogen) atoms. The van der Waals surface area contributed by atoms with Crippen molar-refractivity contribution in [1.82, 2.24) is 5.32 Å². The third kappa shape index (κ3) is 4.59. The third-order valence-corrected chi connectivity index (χ3v) is 3.90. The van der Waals surface area contributed by atoms with E-state index in [1.54, 1.807) is 18.2 Å². The molecule has 142 valence electrons. The van der Waals surface area contributed by atoms with Gasteiger partial charge in [0.15, 0.2) is 0 Å². The van der Waals surface area contributed by atoms with Crippen molar-refractivity contribution in [3.63, 3.8) is 0 Å². The first-order valence-corrected chi connectivity index (χ1v) is 7.99. The van der Waals surface area contributed by atoms with Crippen LogP contribution in [-0.2, 0) is 5.60 Å². The zero-order chi connectivity index (χ0) is 19.7. The van der Waals surface area contributed by atoms with Crippen LogP contribution < -0.4 is 10.1 Å². The summed E-state index contributed by atoms with van der Waals surface area (Å²) < 4.78 is 45.8. The Balaban J connectivity index is 1.65. The minimum atomic E-state index is -4.80. The van der Waals surface area contributed by atoms with Gasteiger partial charge in [-0.15, -0.1) is 13.2 Å². The van der Waals surface area contributed by atoms with Crippen molar-refractivity contribution in [2.24, 2.45) is 0 Å². The minimum absolute atomic E-state index is 0.130. The van der Waals surface area contributed by atoms with Crippen molar-refractivity contribution >= 4 is 16.9 Å². The quantitative estimate of drug-likeness (QED) is 0.704. The molecular formula is C19H16F3NO4. The molecule has 1 heterocycles. The van der Waals surface area contributed by atoms with Gasteiger partial charge < -0.3 is 19.6 Å². The van der Waals surface area contributed by atoms with Crippen molar-refractivity contribution in [2.75, 3.05) is 6.54 Å². The molecular weight excluding hydrogens is 363 g/mol. The Morgan fingerprint density at radius 1 is 1.15 bits per heavy atom. The van der Waals surface area contributed by atoms with E-state index in [0.717, 1.165) is 17.5 Å². The SMILES string of the molecule is CC(O)(CNC(=O)c1ccc(OC(F)(F)F)cc1)c1cc2ccccc2o1. The number of para-hydroxylation sites is 1. The van der Waals surface area contributed by atoms with Gasteiger partial charge in [-0.3, -0.25) is 4.79 Å². The monoisotopic (exact) mass is 379 g/mol. The summed E-state index contributed by atoms with van der Waals surface area (Å²) in [6.07, 6.45) is -4.80. The van der Waals surface area contributed by atoms with Gasteiger partial charge in [-0.05, 0) is 43.3 Å². The lowest BCUT2D eigenvalue weighted by Crippen LogP contribution is -2.38. The van der Waals surface area contributed by atoms with E-state index in [9.17, 15) is 23.1 Å². The molecule has 0 fully saturated rings. The number of aliphatic hydroxyl groups is 1. The fourth-order valence-corrected chi connectivity index (χ4v) is 2.50. The lowest BCUT2D eigenvalue weighted by Gasteiger charge is -2.21. The van der Waals surface area contributed by atoms with Crippen LogP contribution in [0.15, 0.2) is 59.0 Å². The maximum atomic E-state index is 12.2. The predicted octanol–water partition coefficient (Wildman–Crippen LogP) is 3.97. The molecule has 0 aliphatic heterocycles. The lowest BCUT2D eigenvalue weighted by atomic mass is 10.0. The number of rotatable bonds is 5. The topological polar surface area (TPSA) is 71.7 Å². The highest BCUT2D eigenvalue weighted by Gasteiger charge is 2.31. The van der Waals surface area contributed by atoms with Gasteiger partial charge in [-0.1, -0.05) is 18.2 Å². The van der Waals surface area contributed by atoms with Crippen molar-refractivity contribution in [3.05, 3.63) is 65.9 Å². The lowest BCUT2D eigenvalue weighted by molar-refractivity contribution is -0.274. The van der Waals surface area contributed by atoms with Gasteiger partial charge in [0.25, 0.3) is 5.91 Å². The maximum absolute atomic E-state index is 12.2. The van der Waals surface area contributed by atoms with E-state index in [-0.39, 0.29) is 17.9 Å². The van der Waals surface area contributed by atoms with Crippen LogP contribution in [-0.4, -0.2) is 23.9 Å². The number of benzene rings is 2. The summed E-state index contributed by atoms with van der Waals surface area (Å²) in [5.74, 6) is -0.684. The van der Waals surface area contributed by atoms with Crippen LogP contribution >= 0.6 is 0 Å². The molecule has 0 aliphatic rings.